The van der Waals surface area contributed by atoms with Crippen LogP contribution in [0.25, 0.3) is 0 Å². The maximum absolute atomic E-state index is 13.1. The fourth-order valence-electron chi connectivity index (χ4n) is 2.89. The van der Waals surface area contributed by atoms with Crippen LogP contribution in [0.1, 0.15) is 31.4 Å². The van der Waals surface area contributed by atoms with Crippen molar-refractivity contribution in [1.29, 1.82) is 0 Å². The lowest BCUT2D eigenvalue weighted by atomic mass is 9.95. The van der Waals surface area contributed by atoms with E-state index in [4.69, 9.17) is 9.47 Å². The molecule has 0 aliphatic carbocycles. The lowest BCUT2D eigenvalue weighted by Gasteiger charge is -2.28. The molecule has 1 aromatic carbocycles. The van der Waals surface area contributed by atoms with Gasteiger partial charge in [0.15, 0.2) is 0 Å². The molecule has 2 N–H and O–H groups in total. The third kappa shape index (κ3) is 3.56. The van der Waals surface area contributed by atoms with Crippen LogP contribution in [0.2, 0.25) is 0 Å². The molecule has 7 heteroatoms. The highest BCUT2D eigenvalue weighted by molar-refractivity contribution is 5.95. The summed E-state index contributed by atoms with van der Waals surface area (Å²) in [7, 11) is 0. The highest BCUT2D eigenvalue weighted by Gasteiger charge is 2.32. The second kappa shape index (κ2) is 7.00. The van der Waals surface area contributed by atoms with Crippen molar-refractivity contribution < 1.29 is 23.5 Å². The van der Waals surface area contributed by atoms with Crippen molar-refractivity contribution in [1.82, 2.24) is 10.6 Å². The summed E-state index contributed by atoms with van der Waals surface area (Å²) in [6, 6.07) is 4.54. The van der Waals surface area contributed by atoms with Crippen molar-refractivity contribution in [3.8, 4) is 0 Å². The predicted molar refractivity (Wildman–Crippen MR) is 83.4 cm³/mol. The van der Waals surface area contributed by atoms with Gasteiger partial charge in [-0.15, -0.1) is 0 Å². The first-order chi connectivity index (χ1) is 11.5. The number of allylic oxidation sites excluding steroid dienone is 1. The van der Waals surface area contributed by atoms with E-state index in [1.807, 2.05) is 0 Å². The minimum absolute atomic E-state index is 0.0785. The maximum Gasteiger partial charge on any atom is 0.338 e. The monoisotopic (exact) mass is 334 g/mol. The summed E-state index contributed by atoms with van der Waals surface area (Å²) in [6.07, 6.45) is 1.74. The lowest BCUT2D eigenvalue weighted by Crippen LogP contribution is -2.45. The number of urea groups is 1. The molecule has 128 valence electrons. The molecule has 1 saturated heterocycles. The number of carbonyl (C=O) groups is 2. The fraction of sp³-hybridized carbons (Fsp3) is 0.412. The van der Waals surface area contributed by atoms with Crippen molar-refractivity contribution >= 4 is 12.0 Å². The van der Waals surface area contributed by atoms with Gasteiger partial charge in [0, 0.05) is 12.3 Å². The molecule has 0 unspecified atom stereocenters. The van der Waals surface area contributed by atoms with Crippen molar-refractivity contribution in [2.24, 2.45) is 0 Å². The average molecular weight is 334 g/mol. The minimum Gasteiger partial charge on any atom is -0.459 e. The van der Waals surface area contributed by atoms with Crippen molar-refractivity contribution in [2.75, 3.05) is 13.2 Å². The molecule has 0 radical (unpaired) electrons. The molecule has 2 atom stereocenters. The van der Waals surface area contributed by atoms with Gasteiger partial charge in [-0.25, -0.2) is 14.0 Å². The maximum atomic E-state index is 13.1. The Morgan fingerprint density at radius 2 is 2.12 bits per heavy atom. The van der Waals surface area contributed by atoms with E-state index in [2.05, 4.69) is 10.6 Å². The van der Waals surface area contributed by atoms with E-state index in [0.29, 0.717) is 23.4 Å². The highest BCUT2D eigenvalue weighted by atomic mass is 19.1. The number of hydrogen-bond donors (Lipinski definition) is 2. The number of esters is 1. The van der Waals surface area contributed by atoms with E-state index >= 15 is 0 Å². The third-order valence-electron chi connectivity index (χ3n) is 4.12. The number of halogens is 1. The summed E-state index contributed by atoms with van der Waals surface area (Å²) in [4.78, 5) is 24.3. The molecule has 0 spiro atoms. The van der Waals surface area contributed by atoms with Gasteiger partial charge in [-0.05, 0) is 37.5 Å². The van der Waals surface area contributed by atoms with E-state index in [1.54, 1.807) is 6.92 Å². The first-order valence-corrected chi connectivity index (χ1v) is 7.87. The topological polar surface area (TPSA) is 76.7 Å². The Morgan fingerprint density at radius 1 is 1.38 bits per heavy atom. The molecule has 1 aromatic rings. The zero-order valence-corrected chi connectivity index (χ0v) is 13.3. The molecule has 0 bridgehead atoms. The van der Waals surface area contributed by atoms with Crippen LogP contribution in [0.15, 0.2) is 35.5 Å². The standard InChI is InChI=1S/C17H19FN2O4/c1-10-14(16(21)24-9-13-3-2-8-23-13)15(20-17(22)19-10)11-4-6-12(18)7-5-11/h4-7,13,15H,2-3,8-9H2,1H3,(H2,19,20,22)/t13-,15+/m0/s1. The van der Waals surface area contributed by atoms with Crippen LogP contribution in [-0.4, -0.2) is 31.3 Å². The molecule has 1 fully saturated rings. The molecular weight excluding hydrogens is 315 g/mol. The van der Waals surface area contributed by atoms with Crippen LogP contribution in [0, 0.1) is 5.82 Å². The van der Waals surface area contributed by atoms with Gasteiger partial charge in [0.1, 0.15) is 12.4 Å². The summed E-state index contributed by atoms with van der Waals surface area (Å²) in [5.74, 6) is -0.910. The average Bonchev–Trinajstić information content (AvgIpc) is 3.06. The Kier molecular flexibility index (Phi) is 4.80. The molecule has 6 nitrogen and oxygen atoms in total. The molecule has 2 aliphatic heterocycles. The molecular formula is C17H19FN2O4. The van der Waals surface area contributed by atoms with E-state index < -0.39 is 18.0 Å². The van der Waals surface area contributed by atoms with Crippen LogP contribution in [0.4, 0.5) is 9.18 Å². The van der Waals surface area contributed by atoms with E-state index in [9.17, 15) is 14.0 Å². The van der Waals surface area contributed by atoms with Gasteiger partial charge in [0.2, 0.25) is 0 Å². The smallest absolute Gasteiger partial charge is 0.338 e. The summed E-state index contributed by atoms with van der Waals surface area (Å²) in [6.45, 7) is 2.50. The summed E-state index contributed by atoms with van der Waals surface area (Å²) >= 11 is 0. The van der Waals surface area contributed by atoms with Gasteiger partial charge < -0.3 is 20.1 Å². The third-order valence-corrected chi connectivity index (χ3v) is 4.12. The zero-order chi connectivity index (χ0) is 17.1. The van der Waals surface area contributed by atoms with Crippen molar-refractivity contribution in [3.05, 3.63) is 46.9 Å². The minimum atomic E-state index is -0.684. The summed E-state index contributed by atoms with van der Waals surface area (Å²) < 4.78 is 23.9. The Bertz CT molecular complexity index is 666. The van der Waals surface area contributed by atoms with Crippen LogP contribution >= 0.6 is 0 Å². The largest absolute Gasteiger partial charge is 0.459 e. The van der Waals surface area contributed by atoms with Gasteiger partial charge in [-0.3, -0.25) is 0 Å². The molecule has 0 aromatic heterocycles. The quantitative estimate of drug-likeness (QED) is 0.828. The number of amides is 2. The number of benzene rings is 1. The summed E-state index contributed by atoms with van der Waals surface area (Å²) in [5, 5.41) is 5.25. The first-order valence-electron chi connectivity index (χ1n) is 7.87. The summed E-state index contributed by atoms with van der Waals surface area (Å²) in [5.41, 5.74) is 1.33. The fourth-order valence-corrected chi connectivity index (χ4v) is 2.89. The van der Waals surface area contributed by atoms with Gasteiger partial charge in [-0.2, -0.15) is 0 Å². The van der Waals surface area contributed by atoms with Gasteiger partial charge in [-0.1, -0.05) is 12.1 Å². The second-order valence-electron chi connectivity index (χ2n) is 5.86. The van der Waals surface area contributed by atoms with E-state index in [1.165, 1.54) is 24.3 Å². The number of nitrogens with one attached hydrogen (secondary N) is 2. The SMILES string of the molecule is CC1=C(C(=O)OC[C@@H]2CCCO2)[C@@H](c2ccc(F)cc2)NC(=O)N1. The zero-order valence-electron chi connectivity index (χ0n) is 13.3. The number of ether oxygens (including phenoxy) is 2. The molecule has 2 amide bonds. The number of hydrogen-bond acceptors (Lipinski definition) is 4. The van der Waals surface area contributed by atoms with Crippen molar-refractivity contribution in [3.63, 3.8) is 0 Å². The first kappa shape index (κ1) is 16.4. The van der Waals surface area contributed by atoms with Crippen LogP contribution in [-0.2, 0) is 14.3 Å². The second-order valence-corrected chi connectivity index (χ2v) is 5.86. The predicted octanol–water partition coefficient (Wildman–Crippen LogP) is 2.18. The van der Waals surface area contributed by atoms with Gasteiger partial charge >= 0.3 is 12.0 Å². The lowest BCUT2D eigenvalue weighted by molar-refractivity contribution is -0.142. The molecule has 2 aliphatic rings. The Balaban J connectivity index is 1.80. The van der Waals surface area contributed by atoms with Crippen LogP contribution in [0.3, 0.4) is 0 Å². The normalized spacial score (nSPS) is 23.7. The highest BCUT2D eigenvalue weighted by Crippen LogP contribution is 2.28. The van der Waals surface area contributed by atoms with Crippen molar-refractivity contribution in [2.45, 2.75) is 31.9 Å². The Hall–Kier alpha value is -2.41. The van der Waals surface area contributed by atoms with E-state index in [-0.39, 0.29) is 18.5 Å². The Labute approximate surface area is 139 Å². The van der Waals surface area contributed by atoms with Gasteiger partial charge in [0.25, 0.3) is 0 Å². The van der Waals surface area contributed by atoms with Crippen LogP contribution < -0.4 is 10.6 Å². The molecule has 24 heavy (non-hydrogen) atoms. The molecule has 3 rings (SSSR count). The number of carbonyl (C=O) groups excluding carboxylic acids is 2. The van der Waals surface area contributed by atoms with Gasteiger partial charge in [0.05, 0.1) is 17.7 Å². The van der Waals surface area contributed by atoms with Crippen LogP contribution in [0.5, 0.6) is 0 Å². The number of rotatable bonds is 4. The molecule has 2 heterocycles. The molecule has 0 saturated carbocycles. The Morgan fingerprint density at radius 3 is 2.79 bits per heavy atom. The van der Waals surface area contributed by atoms with E-state index in [0.717, 1.165) is 12.8 Å².